The zero-order valence-electron chi connectivity index (χ0n) is 9.63. The summed E-state index contributed by atoms with van der Waals surface area (Å²) in [5.74, 6) is 0. The Balaban J connectivity index is 2.79. The highest BCUT2D eigenvalue weighted by Crippen LogP contribution is 2.18. The quantitative estimate of drug-likeness (QED) is 0.800. The Kier molecular flexibility index (Phi) is 4.43. The van der Waals surface area contributed by atoms with Crippen molar-refractivity contribution in [2.75, 3.05) is 12.3 Å². The first-order valence-electron chi connectivity index (χ1n) is 5.32. The van der Waals surface area contributed by atoms with E-state index in [9.17, 15) is 0 Å². The summed E-state index contributed by atoms with van der Waals surface area (Å²) >= 11 is 5.96. The molecule has 0 fully saturated rings. The van der Waals surface area contributed by atoms with Gasteiger partial charge >= 0.3 is 0 Å². The minimum Gasteiger partial charge on any atom is -0.399 e. The number of rotatable bonds is 4. The topological polar surface area (TPSA) is 29.3 Å². The van der Waals surface area contributed by atoms with E-state index in [4.69, 9.17) is 17.3 Å². The highest BCUT2D eigenvalue weighted by atomic mass is 35.5. The van der Waals surface area contributed by atoms with Crippen molar-refractivity contribution in [3.63, 3.8) is 0 Å². The third kappa shape index (κ3) is 3.73. The van der Waals surface area contributed by atoms with E-state index >= 15 is 0 Å². The Labute approximate surface area is 97.0 Å². The van der Waals surface area contributed by atoms with Crippen molar-refractivity contribution in [2.45, 2.75) is 33.4 Å². The summed E-state index contributed by atoms with van der Waals surface area (Å²) in [6, 6.07) is 6.27. The molecule has 0 bridgehead atoms. The third-order valence-electron chi connectivity index (χ3n) is 2.50. The molecule has 0 heterocycles. The van der Waals surface area contributed by atoms with Crippen LogP contribution in [0.25, 0.3) is 0 Å². The SMILES string of the molecule is CCN(Cc1cc(N)cc(Cl)c1)C(C)C. The van der Waals surface area contributed by atoms with Crippen molar-refractivity contribution in [3.8, 4) is 0 Å². The molecule has 0 saturated carbocycles. The number of hydrogen-bond acceptors (Lipinski definition) is 2. The van der Waals surface area contributed by atoms with Crippen LogP contribution in [0.3, 0.4) is 0 Å². The van der Waals surface area contributed by atoms with Crippen LogP contribution in [0, 0.1) is 0 Å². The van der Waals surface area contributed by atoms with Crippen LogP contribution in [-0.2, 0) is 6.54 Å². The molecular formula is C12H19ClN2. The lowest BCUT2D eigenvalue weighted by molar-refractivity contribution is 0.225. The molecule has 0 spiro atoms. The first-order chi connectivity index (χ1) is 7.02. The van der Waals surface area contributed by atoms with Crippen molar-refractivity contribution >= 4 is 17.3 Å². The van der Waals surface area contributed by atoms with Crippen molar-refractivity contribution in [2.24, 2.45) is 0 Å². The minimum absolute atomic E-state index is 0.537. The number of anilines is 1. The fourth-order valence-electron chi connectivity index (χ4n) is 1.66. The fraction of sp³-hybridized carbons (Fsp3) is 0.500. The van der Waals surface area contributed by atoms with Crippen LogP contribution < -0.4 is 5.73 Å². The van der Waals surface area contributed by atoms with Crippen molar-refractivity contribution < 1.29 is 0 Å². The summed E-state index contributed by atoms with van der Waals surface area (Å²) in [7, 11) is 0. The van der Waals surface area contributed by atoms with Crippen molar-refractivity contribution in [1.82, 2.24) is 4.90 Å². The molecule has 1 rings (SSSR count). The van der Waals surface area contributed by atoms with Crippen LogP contribution in [0.2, 0.25) is 5.02 Å². The molecule has 0 amide bonds. The van der Waals surface area contributed by atoms with E-state index in [1.165, 1.54) is 5.56 Å². The van der Waals surface area contributed by atoms with Gasteiger partial charge in [-0.1, -0.05) is 18.5 Å². The van der Waals surface area contributed by atoms with E-state index in [2.05, 4.69) is 25.7 Å². The van der Waals surface area contributed by atoms with Crippen LogP contribution >= 0.6 is 11.6 Å². The number of halogens is 1. The largest absolute Gasteiger partial charge is 0.399 e. The molecule has 1 aromatic rings. The first-order valence-corrected chi connectivity index (χ1v) is 5.69. The summed E-state index contributed by atoms with van der Waals surface area (Å²) < 4.78 is 0. The predicted octanol–water partition coefficient (Wildman–Crippen LogP) is 3.15. The molecule has 0 radical (unpaired) electrons. The van der Waals surface area contributed by atoms with Gasteiger partial charge in [0.15, 0.2) is 0 Å². The summed E-state index contributed by atoms with van der Waals surface area (Å²) in [4.78, 5) is 2.37. The molecule has 15 heavy (non-hydrogen) atoms. The lowest BCUT2D eigenvalue weighted by Crippen LogP contribution is -2.29. The van der Waals surface area contributed by atoms with Gasteiger partial charge in [-0.15, -0.1) is 0 Å². The third-order valence-corrected chi connectivity index (χ3v) is 2.72. The fourth-order valence-corrected chi connectivity index (χ4v) is 1.93. The highest BCUT2D eigenvalue weighted by Gasteiger charge is 2.08. The maximum atomic E-state index is 5.96. The number of nitrogens with zero attached hydrogens (tertiary/aromatic N) is 1. The van der Waals surface area contributed by atoms with Crippen LogP contribution in [0.4, 0.5) is 5.69 Å². The molecule has 0 atom stereocenters. The number of nitrogen functional groups attached to an aromatic ring is 1. The number of hydrogen-bond donors (Lipinski definition) is 1. The van der Waals surface area contributed by atoms with Gasteiger partial charge in [0.2, 0.25) is 0 Å². The number of benzene rings is 1. The lowest BCUT2D eigenvalue weighted by atomic mass is 10.1. The highest BCUT2D eigenvalue weighted by molar-refractivity contribution is 6.30. The second-order valence-corrected chi connectivity index (χ2v) is 4.49. The van der Waals surface area contributed by atoms with Crippen LogP contribution in [-0.4, -0.2) is 17.5 Å². The molecule has 84 valence electrons. The Morgan fingerprint density at radius 3 is 2.47 bits per heavy atom. The first kappa shape index (κ1) is 12.3. The Morgan fingerprint density at radius 1 is 1.33 bits per heavy atom. The van der Waals surface area contributed by atoms with Gasteiger partial charge in [0.05, 0.1) is 0 Å². The maximum Gasteiger partial charge on any atom is 0.0429 e. The van der Waals surface area contributed by atoms with E-state index in [0.29, 0.717) is 11.1 Å². The van der Waals surface area contributed by atoms with Gasteiger partial charge < -0.3 is 5.73 Å². The van der Waals surface area contributed by atoms with Gasteiger partial charge in [0.25, 0.3) is 0 Å². The summed E-state index contributed by atoms with van der Waals surface area (Å²) in [6.45, 7) is 8.48. The average Bonchev–Trinajstić information content (AvgIpc) is 2.12. The average molecular weight is 227 g/mol. The molecule has 0 aromatic heterocycles. The van der Waals surface area contributed by atoms with Crippen molar-refractivity contribution in [1.29, 1.82) is 0 Å². The normalized spacial score (nSPS) is 11.3. The minimum atomic E-state index is 0.537. The molecule has 2 N–H and O–H groups in total. The Hall–Kier alpha value is -0.730. The Morgan fingerprint density at radius 2 is 2.00 bits per heavy atom. The van der Waals surface area contributed by atoms with Gasteiger partial charge in [0.1, 0.15) is 0 Å². The van der Waals surface area contributed by atoms with E-state index in [0.717, 1.165) is 18.8 Å². The molecule has 1 aromatic carbocycles. The zero-order valence-corrected chi connectivity index (χ0v) is 10.4. The summed E-state index contributed by atoms with van der Waals surface area (Å²) in [5, 5.41) is 0.713. The number of nitrogens with two attached hydrogens (primary N) is 1. The molecule has 0 saturated heterocycles. The van der Waals surface area contributed by atoms with Gasteiger partial charge in [-0.3, -0.25) is 4.90 Å². The summed E-state index contributed by atoms with van der Waals surface area (Å²) in [5.41, 5.74) is 7.66. The molecule has 3 heteroatoms. The molecule has 0 aliphatic rings. The second kappa shape index (κ2) is 5.38. The monoisotopic (exact) mass is 226 g/mol. The molecule has 0 aliphatic carbocycles. The van der Waals surface area contributed by atoms with E-state index in [-0.39, 0.29) is 0 Å². The predicted molar refractivity (Wildman–Crippen MR) is 67.1 cm³/mol. The van der Waals surface area contributed by atoms with Crippen LogP contribution in [0.1, 0.15) is 26.3 Å². The lowest BCUT2D eigenvalue weighted by Gasteiger charge is -2.24. The van der Waals surface area contributed by atoms with Gasteiger partial charge in [-0.05, 0) is 44.2 Å². The van der Waals surface area contributed by atoms with Crippen LogP contribution in [0.5, 0.6) is 0 Å². The maximum absolute atomic E-state index is 5.96. The van der Waals surface area contributed by atoms with E-state index in [1.807, 2.05) is 12.1 Å². The summed E-state index contributed by atoms with van der Waals surface area (Å²) in [6.07, 6.45) is 0. The standard InChI is InChI=1S/C12H19ClN2/c1-4-15(9(2)3)8-10-5-11(13)7-12(14)6-10/h5-7,9H,4,8,14H2,1-3H3. The second-order valence-electron chi connectivity index (χ2n) is 4.05. The smallest absolute Gasteiger partial charge is 0.0429 e. The van der Waals surface area contributed by atoms with Gasteiger partial charge in [-0.2, -0.15) is 0 Å². The molecule has 0 unspecified atom stereocenters. The van der Waals surface area contributed by atoms with Crippen LogP contribution in [0.15, 0.2) is 18.2 Å². The Bertz CT molecular complexity index is 303. The van der Waals surface area contributed by atoms with Gasteiger partial charge in [-0.25, -0.2) is 0 Å². The van der Waals surface area contributed by atoms with Gasteiger partial charge in [0, 0.05) is 23.3 Å². The van der Waals surface area contributed by atoms with Crippen molar-refractivity contribution in [3.05, 3.63) is 28.8 Å². The van der Waals surface area contributed by atoms with E-state index in [1.54, 1.807) is 6.07 Å². The molecule has 2 nitrogen and oxygen atoms in total. The van der Waals surface area contributed by atoms with E-state index < -0.39 is 0 Å². The zero-order chi connectivity index (χ0) is 11.4. The molecular weight excluding hydrogens is 208 g/mol. The molecule has 0 aliphatic heterocycles.